The third kappa shape index (κ3) is 5.27. The van der Waals surface area contributed by atoms with E-state index in [1.54, 1.807) is 25.1 Å². The van der Waals surface area contributed by atoms with Gasteiger partial charge in [-0.3, -0.25) is 9.10 Å². The molecular weight excluding hydrogens is 390 g/mol. The molecule has 0 atom stereocenters. The second-order valence-electron chi connectivity index (χ2n) is 7.18. The standard InChI is InChI=1S/C21H27N3O4S/c1-16-14-18(6-9-20(16)23(2)29(3,26)27)21(25)22-15-17-4-7-19(8-5-17)24-10-12-28-13-11-24/h4-9,14H,10-13,15H2,1-3H3,(H,22,25). The first-order valence-electron chi connectivity index (χ1n) is 9.50. The molecule has 156 valence electrons. The van der Waals surface area contributed by atoms with Gasteiger partial charge >= 0.3 is 0 Å². The van der Waals surface area contributed by atoms with Crippen molar-refractivity contribution in [1.29, 1.82) is 0 Å². The van der Waals surface area contributed by atoms with Gasteiger partial charge in [0.15, 0.2) is 0 Å². The Hall–Kier alpha value is -2.58. The third-order valence-corrected chi connectivity index (χ3v) is 6.25. The van der Waals surface area contributed by atoms with E-state index in [0.717, 1.165) is 49.4 Å². The number of benzene rings is 2. The van der Waals surface area contributed by atoms with Crippen LogP contribution in [0.1, 0.15) is 21.5 Å². The molecule has 29 heavy (non-hydrogen) atoms. The third-order valence-electron chi connectivity index (χ3n) is 5.06. The summed E-state index contributed by atoms with van der Waals surface area (Å²) in [7, 11) is -1.85. The number of amides is 1. The summed E-state index contributed by atoms with van der Waals surface area (Å²) in [5.41, 5.74) is 3.95. The van der Waals surface area contributed by atoms with Crippen LogP contribution in [-0.2, 0) is 21.3 Å². The summed E-state index contributed by atoms with van der Waals surface area (Å²) in [6, 6.07) is 13.2. The highest BCUT2D eigenvalue weighted by Gasteiger charge is 2.16. The zero-order chi connectivity index (χ0) is 21.0. The van der Waals surface area contributed by atoms with Crippen LogP contribution in [0.4, 0.5) is 11.4 Å². The smallest absolute Gasteiger partial charge is 0.251 e. The number of aryl methyl sites for hydroxylation is 1. The van der Waals surface area contributed by atoms with Gasteiger partial charge in [0.25, 0.3) is 5.91 Å². The van der Waals surface area contributed by atoms with E-state index < -0.39 is 10.0 Å². The fraction of sp³-hybridized carbons (Fsp3) is 0.381. The van der Waals surface area contributed by atoms with E-state index in [2.05, 4.69) is 22.3 Å². The van der Waals surface area contributed by atoms with Gasteiger partial charge in [-0.1, -0.05) is 12.1 Å². The Balaban J connectivity index is 1.61. The molecular formula is C21H27N3O4S. The van der Waals surface area contributed by atoms with Gasteiger partial charge < -0.3 is 15.0 Å². The average molecular weight is 418 g/mol. The van der Waals surface area contributed by atoms with Crippen LogP contribution in [-0.4, -0.2) is 53.9 Å². The van der Waals surface area contributed by atoms with E-state index in [4.69, 9.17) is 4.74 Å². The van der Waals surface area contributed by atoms with Gasteiger partial charge in [-0.05, 0) is 48.4 Å². The SMILES string of the molecule is Cc1cc(C(=O)NCc2ccc(N3CCOCC3)cc2)ccc1N(C)S(C)(=O)=O. The number of anilines is 2. The maximum atomic E-state index is 12.5. The Kier molecular flexibility index (Phi) is 6.44. The van der Waals surface area contributed by atoms with Crippen molar-refractivity contribution in [3.8, 4) is 0 Å². The largest absolute Gasteiger partial charge is 0.378 e. The first-order chi connectivity index (χ1) is 13.8. The lowest BCUT2D eigenvalue weighted by atomic mass is 10.1. The van der Waals surface area contributed by atoms with Crippen molar-refractivity contribution < 1.29 is 17.9 Å². The van der Waals surface area contributed by atoms with Crippen molar-refractivity contribution in [2.24, 2.45) is 0 Å². The fourth-order valence-electron chi connectivity index (χ4n) is 3.26. The molecule has 1 fully saturated rings. The molecule has 2 aromatic carbocycles. The fourth-order valence-corrected chi connectivity index (χ4v) is 3.82. The molecule has 0 radical (unpaired) electrons. The van der Waals surface area contributed by atoms with E-state index in [1.807, 2.05) is 12.1 Å². The topological polar surface area (TPSA) is 79.0 Å². The number of hydrogen-bond acceptors (Lipinski definition) is 5. The molecule has 1 saturated heterocycles. The zero-order valence-electron chi connectivity index (χ0n) is 17.0. The van der Waals surface area contributed by atoms with Crippen LogP contribution in [0.15, 0.2) is 42.5 Å². The van der Waals surface area contributed by atoms with E-state index >= 15 is 0 Å². The highest BCUT2D eigenvalue weighted by Crippen LogP contribution is 2.22. The summed E-state index contributed by atoms with van der Waals surface area (Å²) in [6.07, 6.45) is 1.15. The molecule has 0 aliphatic carbocycles. The minimum absolute atomic E-state index is 0.195. The number of morpholine rings is 1. The minimum atomic E-state index is -3.35. The highest BCUT2D eigenvalue weighted by atomic mass is 32.2. The van der Waals surface area contributed by atoms with E-state index in [-0.39, 0.29) is 5.91 Å². The lowest BCUT2D eigenvalue weighted by Gasteiger charge is -2.28. The maximum absolute atomic E-state index is 12.5. The van der Waals surface area contributed by atoms with Crippen LogP contribution in [0.3, 0.4) is 0 Å². The molecule has 0 spiro atoms. The van der Waals surface area contributed by atoms with Crippen molar-refractivity contribution in [3.05, 3.63) is 59.2 Å². The summed E-state index contributed by atoms with van der Waals surface area (Å²) < 4.78 is 30.0. The van der Waals surface area contributed by atoms with Gasteiger partial charge in [-0.2, -0.15) is 0 Å². The van der Waals surface area contributed by atoms with Gasteiger partial charge in [0, 0.05) is 37.9 Å². The Morgan fingerprint density at radius 2 is 1.79 bits per heavy atom. The quantitative estimate of drug-likeness (QED) is 0.779. The van der Waals surface area contributed by atoms with E-state index in [1.165, 1.54) is 11.4 Å². The molecule has 1 heterocycles. The monoisotopic (exact) mass is 417 g/mol. The number of carbonyl (C=O) groups is 1. The number of nitrogens with one attached hydrogen (secondary N) is 1. The summed E-state index contributed by atoms with van der Waals surface area (Å²) in [6.45, 7) is 5.48. The molecule has 0 aromatic heterocycles. The van der Waals surface area contributed by atoms with Crippen LogP contribution >= 0.6 is 0 Å². The van der Waals surface area contributed by atoms with Crippen molar-refractivity contribution in [2.45, 2.75) is 13.5 Å². The number of sulfonamides is 1. The highest BCUT2D eigenvalue weighted by molar-refractivity contribution is 7.92. The first-order valence-corrected chi connectivity index (χ1v) is 11.3. The van der Waals surface area contributed by atoms with Crippen molar-refractivity contribution in [3.63, 3.8) is 0 Å². The second-order valence-corrected chi connectivity index (χ2v) is 9.19. The molecule has 1 N–H and O–H groups in total. The molecule has 3 rings (SSSR count). The lowest BCUT2D eigenvalue weighted by Crippen LogP contribution is -2.36. The maximum Gasteiger partial charge on any atom is 0.251 e. The van der Waals surface area contributed by atoms with Crippen LogP contribution in [0.25, 0.3) is 0 Å². The van der Waals surface area contributed by atoms with Crippen molar-refractivity contribution in [1.82, 2.24) is 5.32 Å². The summed E-state index contributed by atoms with van der Waals surface area (Å²) in [5, 5.41) is 2.92. The summed E-state index contributed by atoms with van der Waals surface area (Å²) in [5.74, 6) is -0.195. The number of nitrogens with zero attached hydrogens (tertiary/aromatic N) is 2. The predicted molar refractivity (Wildman–Crippen MR) is 115 cm³/mol. The normalized spacial score (nSPS) is 14.5. The molecule has 1 aliphatic rings. The number of ether oxygens (including phenoxy) is 1. The Labute approximate surface area is 172 Å². The van der Waals surface area contributed by atoms with E-state index in [0.29, 0.717) is 17.8 Å². The molecule has 1 amide bonds. The van der Waals surface area contributed by atoms with Crippen molar-refractivity contribution in [2.75, 3.05) is 48.8 Å². The zero-order valence-corrected chi connectivity index (χ0v) is 17.8. The van der Waals surface area contributed by atoms with Gasteiger partial charge in [-0.15, -0.1) is 0 Å². The molecule has 0 saturated carbocycles. The second kappa shape index (κ2) is 8.84. The molecule has 2 aromatic rings. The summed E-state index contributed by atoms with van der Waals surface area (Å²) in [4.78, 5) is 14.8. The molecule has 7 nitrogen and oxygen atoms in total. The van der Waals surface area contributed by atoms with Crippen LogP contribution < -0.4 is 14.5 Å². The van der Waals surface area contributed by atoms with Crippen LogP contribution in [0.5, 0.6) is 0 Å². The minimum Gasteiger partial charge on any atom is -0.378 e. The van der Waals surface area contributed by atoms with Gasteiger partial charge in [-0.25, -0.2) is 8.42 Å². The van der Waals surface area contributed by atoms with Crippen LogP contribution in [0.2, 0.25) is 0 Å². The summed E-state index contributed by atoms with van der Waals surface area (Å²) >= 11 is 0. The molecule has 8 heteroatoms. The number of rotatable bonds is 6. The Bertz CT molecular complexity index is 968. The molecule has 0 unspecified atom stereocenters. The van der Waals surface area contributed by atoms with Crippen molar-refractivity contribution >= 4 is 27.3 Å². The van der Waals surface area contributed by atoms with Gasteiger partial charge in [0.1, 0.15) is 0 Å². The molecule has 0 bridgehead atoms. The predicted octanol–water partition coefficient (Wildman–Crippen LogP) is 2.16. The van der Waals surface area contributed by atoms with Gasteiger partial charge in [0.05, 0.1) is 25.2 Å². The first kappa shape index (κ1) is 21.1. The molecule has 1 aliphatic heterocycles. The average Bonchev–Trinajstić information content (AvgIpc) is 2.72. The lowest BCUT2D eigenvalue weighted by molar-refractivity contribution is 0.0951. The van der Waals surface area contributed by atoms with Crippen LogP contribution in [0, 0.1) is 6.92 Å². The Morgan fingerprint density at radius 3 is 2.38 bits per heavy atom. The Morgan fingerprint density at radius 1 is 1.14 bits per heavy atom. The van der Waals surface area contributed by atoms with Gasteiger partial charge in [0.2, 0.25) is 10.0 Å². The number of hydrogen-bond donors (Lipinski definition) is 1. The number of carbonyl (C=O) groups excluding carboxylic acids is 1. The van der Waals surface area contributed by atoms with E-state index in [9.17, 15) is 13.2 Å².